The molecule has 1 aromatic carbocycles. The molecule has 1 saturated carbocycles. The molecular weight excluding hydrogens is 455 g/mol. The number of fused-ring (bicyclic) bond motifs is 1. The highest BCUT2D eigenvalue weighted by Gasteiger charge is 2.33. The molecule has 1 aliphatic rings. The Morgan fingerprint density at radius 2 is 1.72 bits per heavy atom. The summed E-state index contributed by atoms with van der Waals surface area (Å²) in [7, 11) is -2.97. The van der Waals surface area contributed by atoms with Crippen molar-refractivity contribution in [3.63, 3.8) is 0 Å². The monoisotopic (exact) mass is 487 g/mol. The van der Waals surface area contributed by atoms with Crippen LogP contribution in [0.4, 0.5) is 13.2 Å². The van der Waals surface area contributed by atoms with E-state index in [0.29, 0.717) is 22.1 Å². The molecule has 32 heavy (non-hydrogen) atoms. The molecule has 2 aromatic rings. The fourth-order valence-corrected chi connectivity index (χ4v) is 6.80. The van der Waals surface area contributed by atoms with Crippen LogP contribution in [0.2, 0.25) is 0 Å². The molecule has 3 rings (SSSR count). The molecule has 3 nitrogen and oxygen atoms in total. The van der Waals surface area contributed by atoms with Crippen molar-refractivity contribution in [1.82, 2.24) is 4.98 Å². The van der Waals surface area contributed by atoms with Crippen molar-refractivity contribution in [3.8, 4) is 0 Å². The van der Waals surface area contributed by atoms with Gasteiger partial charge in [-0.05, 0) is 62.8 Å². The van der Waals surface area contributed by atoms with Crippen LogP contribution in [0.15, 0.2) is 35.2 Å². The largest absolute Gasteiger partial charge is 0.433 e. The number of rotatable bonds is 9. The van der Waals surface area contributed by atoms with Crippen LogP contribution in [0.25, 0.3) is 10.9 Å². The number of thioether (sulfide) groups is 1. The maximum atomic E-state index is 13.2. The molecule has 0 radical (unpaired) electrons. The Morgan fingerprint density at radius 1 is 1.06 bits per heavy atom. The zero-order valence-corrected chi connectivity index (χ0v) is 20.3. The number of sulfone groups is 1. The molecule has 0 saturated heterocycles. The number of alkyl halides is 3. The topological polar surface area (TPSA) is 47.0 Å². The summed E-state index contributed by atoms with van der Waals surface area (Å²) >= 11 is 1.47. The van der Waals surface area contributed by atoms with Crippen molar-refractivity contribution < 1.29 is 21.6 Å². The molecule has 8 heteroatoms. The number of hydrogen-bond acceptors (Lipinski definition) is 4. The third-order valence-electron chi connectivity index (χ3n) is 6.39. The van der Waals surface area contributed by atoms with E-state index in [1.54, 1.807) is 26.0 Å². The van der Waals surface area contributed by atoms with Gasteiger partial charge in [-0.3, -0.25) is 0 Å². The molecule has 0 spiro atoms. The Labute approximate surface area is 193 Å². The van der Waals surface area contributed by atoms with Gasteiger partial charge in [0.15, 0.2) is 9.84 Å². The number of para-hydroxylation sites is 1. The number of hydrogen-bond donors (Lipinski definition) is 0. The Hall–Kier alpha value is -1.28. The van der Waals surface area contributed by atoms with Crippen LogP contribution < -0.4 is 0 Å². The van der Waals surface area contributed by atoms with Crippen molar-refractivity contribution in [2.45, 2.75) is 75.1 Å². The van der Waals surface area contributed by atoms with Gasteiger partial charge in [0, 0.05) is 10.3 Å². The maximum Gasteiger partial charge on any atom is 0.433 e. The van der Waals surface area contributed by atoms with E-state index in [1.165, 1.54) is 17.8 Å². The highest BCUT2D eigenvalue weighted by Crippen LogP contribution is 2.36. The second kappa shape index (κ2) is 10.8. The minimum atomic E-state index is -4.45. The number of halogens is 3. The van der Waals surface area contributed by atoms with Gasteiger partial charge in [0.25, 0.3) is 0 Å². The first-order chi connectivity index (χ1) is 15.1. The molecule has 0 bridgehead atoms. The highest BCUT2D eigenvalue weighted by molar-refractivity contribution is 7.99. The van der Waals surface area contributed by atoms with E-state index in [0.717, 1.165) is 56.1 Å². The summed E-state index contributed by atoms with van der Waals surface area (Å²) in [6.45, 7) is 3.50. The standard InChI is InChI=1S/C24H32F3NO2S2/c1-17(2)32(29,30)16-19-12-10-18(11-13-19)7-5-6-14-31-22-15-23(24(25,26)27)28-21-9-4-3-8-20(21)22/h3-4,8-9,15,17-19H,5-7,10-14,16H2,1-2H3. The number of benzene rings is 1. The van der Waals surface area contributed by atoms with E-state index in [1.807, 2.05) is 12.1 Å². The molecule has 1 heterocycles. The van der Waals surface area contributed by atoms with Gasteiger partial charge < -0.3 is 0 Å². The smallest absolute Gasteiger partial charge is 0.243 e. The molecule has 1 aromatic heterocycles. The van der Waals surface area contributed by atoms with Gasteiger partial charge in [-0.15, -0.1) is 11.8 Å². The van der Waals surface area contributed by atoms with Gasteiger partial charge in [-0.1, -0.05) is 43.9 Å². The van der Waals surface area contributed by atoms with Gasteiger partial charge in [-0.25, -0.2) is 13.4 Å². The fraction of sp³-hybridized carbons (Fsp3) is 0.625. The summed E-state index contributed by atoms with van der Waals surface area (Å²) in [6, 6.07) is 8.14. The lowest BCUT2D eigenvalue weighted by Gasteiger charge is -2.28. The lowest BCUT2D eigenvalue weighted by molar-refractivity contribution is -0.141. The van der Waals surface area contributed by atoms with E-state index >= 15 is 0 Å². The summed E-state index contributed by atoms with van der Waals surface area (Å²) in [4.78, 5) is 4.41. The summed E-state index contributed by atoms with van der Waals surface area (Å²) in [5, 5.41) is 0.461. The average Bonchev–Trinajstić information content (AvgIpc) is 2.73. The molecule has 1 fully saturated rings. The number of nitrogens with zero attached hydrogens (tertiary/aromatic N) is 1. The van der Waals surface area contributed by atoms with E-state index in [-0.39, 0.29) is 11.2 Å². The Morgan fingerprint density at radius 3 is 2.38 bits per heavy atom. The Bertz CT molecular complexity index is 998. The van der Waals surface area contributed by atoms with E-state index in [2.05, 4.69) is 4.98 Å². The minimum absolute atomic E-state index is 0.289. The average molecular weight is 488 g/mol. The van der Waals surface area contributed by atoms with E-state index < -0.39 is 21.7 Å². The van der Waals surface area contributed by atoms with Crippen molar-refractivity contribution in [2.24, 2.45) is 11.8 Å². The van der Waals surface area contributed by atoms with Gasteiger partial charge in [0.1, 0.15) is 5.69 Å². The third-order valence-corrected chi connectivity index (χ3v) is 9.90. The first-order valence-electron chi connectivity index (χ1n) is 11.4. The molecule has 0 unspecified atom stereocenters. The predicted molar refractivity (Wildman–Crippen MR) is 126 cm³/mol. The Balaban J connectivity index is 1.44. The van der Waals surface area contributed by atoms with Crippen LogP contribution in [0.5, 0.6) is 0 Å². The van der Waals surface area contributed by atoms with Gasteiger partial charge >= 0.3 is 6.18 Å². The lowest BCUT2D eigenvalue weighted by atomic mass is 9.80. The lowest BCUT2D eigenvalue weighted by Crippen LogP contribution is -2.26. The summed E-state index contributed by atoms with van der Waals surface area (Å²) in [5.74, 6) is 2.01. The first-order valence-corrected chi connectivity index (χ1v) is 14.1. The summed E-state index contributed by atoms with van der Waals surface area (Å²) < 4.78 is 63.9. The van der Waals surface area contributed by atoms with Gasteiger partial charge in [0.2, 0.25) is 0 Å². The quantitative estimate of drug-likeness (QED) is 0.278. The zero-order valence-electron chi connectivity index (χ0n) is 18.7. The number of pyridine rings is 1. The molecule has 0 atom stereocenters. The van der Waals surface area contributed by atoms with Crippen molar-refractivity contribution in [1.29, 1.82) is 0 Å². The normalized spacial score (nSPS) is 20.2. The van der Waals surface area contributed by atoms with Crippen LogP contribution in [-0.4, -0.2) is 30.2 Å². The van der Waals surface area contributed by atoms with Crippen LogP contribution in [0, 0.1) is 11.8 Å². The maximum absolute atomic E-state index is 13.2. The van der Waals surface area contributed by atoms with Crippen LogP contribution in [0.3, 0.4) is 0 Å². The molecule has 178 valence electrons. The second-order valence-electron chi connectivity index (χ2n) is 9.13. The van der Waals surface area contributed by atoms with Crippen LogP contribution in [-0.2, 0) is 16.0 Å². The van der Waals surface area contributed by atoms with Crippen LogP contribution >= 0.6 is 11.8 Å². The Kier molecular flexibility index (Phi) is 8.53. The summed E-state index contributed by atoms with van der Waals surface area (Å²) in [6.07, 6.45) is 2.77. The van der Waals surface area contributed by atoms with Gasteiger partial charge in [-0.2, -0.15) is 13.2 Å². The van der Waals surface area contributed by atoms with Crippen LogP contribution in [0.1, 0.15) is 64.5 Å². The van der Waals surface area contributed by atoms with Gasteiger partial charge in [0.05, 0.1) is 16.5 Å². The van der Waals surface area contributed by atoms with Crippen molar-refractivity contribution in [2.75, 3.05) is 11.5 Å². The molecular formula is C24H32F3NO2S2. The molecule has 0 aliphatic heterocycles. The second-order valence-corrected chi connectivity index (χ2v) is 12.9. The predicted octanol–water partition coefficient (Wildman–Crippen LogP) is 7.15. The fourth-order valence-electron chi connectivity index (χ4n) is 4.33. The summed E-state index contributed by atoms with van der Waals surface area (Å²) in [5.41, 5.74) is -0.462. The number of aromatic nitrogens is 1. The minimum Gasteiger partial charge on any atom is -0.243 e. The highest BCUT2D eigenvalue weighted by atomic mass is 32.2. The molecule has 1 aliphatic carbocycles. The third kappa shape index (κ3) is 6.86. The van der Waals surface area contributed by atoms with Crippen molar-refractivity contribution in [3.05, 3.63) is 36.0 Å². The zero-order chi connectivity index (χ0) is 23.4. The van der Waals surface area contributed by atoms with E-state index in [4.69, 9.17) is 0 Å². The molecule has 0 N–H and O–H groups in total. The van der Waals surface area contributed by atoms with Crippen molar-refractivity contribution >= 4 is 32.5 Å². The van der Waals surface area contributed by atoms with E-state index in [9.17, 15) is 21.6 Å². The molecule has 0 amide bonds. The first kappa shape index (κ1) is 25.3. The SMILES string of the molecule is CC(C)S(=O)(=O)CC1CCC(CCCCSc2cc(C(F)(F)F)nc3ccccc23)CC1. The number of unbranched alkanes of at least 4 members (excludes halogenated alkanes) is 1.